The molecular formula is C26H26F3N5O3. The van der Waals surface area contributed by atoms with Crippen molar-refractivity contribution in [3.05, 3.63) is 82.9 Å². The smallest absolute Gasteiger partial charge is 0.395 e. The average Bonchev–Trinajstić information content (AvgIpc) is 3.37. The summed E-state index contributed by atoms with van der Waals surface area (Å²) in [6.07, 6.45) is 1.28. The van der Waals surface area contributed by atoms with Crippen LogP contribution in [-0.2, 0) is 6.18 Å². The van der Waals surface area contributed by atoms with Gasteiger partial charge in [-0.15, -0.1) is 0 Å². The zero-order valence-electron chi connectivity index (χ0n) is 20.0. The fourth-order valence-corrected chi connectivity index (χ4v) is 4.33. The maximum Gasteiger partial charge on any atom is 0.417 e. The zero-order chi connectivity index (χ0) is 26.6. The lowest BCUT2D eigenvalue weighted by molar-refractivity contribution is -0.137. The molecule has 3 aromatic rings. The van der Waals surface area contributed by atoms with Crippen molar-refractivity contribution in [2.24, 2.45) is 0 Å². The summed E-state index contributed by atoms with van der Waals surface area (Å²) in [6, 6.07) is 7.84. The minimum absolute atomic E-state index is 0.0376. The van der Waals surface area contributed by atoms with Crippen LogP contribution in [0.4, 0.5) is 24.5 Å². The number of alkyl halides is 3. The molecule has 1 fully saturated rings. The van der Waals surface area contributed by atoms with E-state index in [2.05, 4.69) is 25.5 Å². The Kier molecular flexibility index (Phi) is 7.72. The third kappa shape index (κ3) is 6.23. The number of halogens is 3. The van der Waals surface area contributed by atoms with Crippen LogP contribution in [-0.4, -0.2) is 53.1 Å². The maximum atomic E-state index is 13.0. The van der Waals surface area contributed by atoms with Crippen LogP contribution in [0.5, 0.6) is 0 Å². The molecule has 1 aliphatic heterocycles. The summed E-state index contributed by atoms with van der Waals surface area (Å²) in [5.74, 6) is -0.734. The number of benzene rings is 1. The molecule has 1 saturated heterocycles. The first kappa shape index (κ1) is 26.1. The van der Waals surface area contributed by atoms with Crippen molar-refractivity contribution in [2.45, 2.75) is 25.4 Å². The molecule has 194 valence electrons. The molecule has 11 heteroatoms. The van der Waals surface area contributed by atoms with Crippen LogP contribution >= 0.6 is 0 Å². The van der Waals surface area contributed by atoms with Gasteiger partial charge in [-0.25, -0.2) is 0 Å². The van der Waals surface area contributed by atoms with Gasteiger partial charge in [-0.3, -0.25) is 19.6 Å². The highest BCUT2D eigenvalue weighted by atomic mass is 19.4. The number of aliphatic hydroxyl groups is 1. The molecule has 0 bridgehead atoms. The SMILES string of the molecule is Cc1ccc(C(=O)Nc2cncc(C(F)(F)F)c2)cc1[C@@H]1CCN(c2cncc(C(=O)NCCO)c2)C1. The monoisotopic (exact) mass is 513 g/mol. The summed E-state index contributed by atoms with van der Waals surface area (Å²) < 4.78 is 38.9. The van der Waals surface area contributed by atoms with Crippen molar-refractivity contribution in [1.82, 2.24) is 15.3 Å². The van der Waals surface area contributed by atoms with Gasteiger partial charge in [-0.1, -0.05) is 6.07 Å². The highest BCUT2D eigenvalue weighted by molar-refractivity contribution is 6.04. The van der Waals surface area contributed by atoms with Gasteiger partial charge in [0, 0.05) is 43.5 Å². The van der Waals surface area contributed by atoms with Gasteiger partial charge < -0.3 is 20.6 Å². The lowest BCUT2D eigenvalue weighted by atomic mass is 9.92. The van der Waals surface area contributed by atoms with Gasteiger partial charge >= 0.3 is 6.18 Å². The summed E-state index contributed by atoms with van der Waals surface area (Å²) in [5, 5.41) is 14.0. The second-order valence-corrected chi connectivity index (χ2v) is 8.83. The minimum Gasteiger partial charge on any atom is -0.395 e. The van der Waals surface area contributed by atoms with Crippen molar-refractivity contribution in [1.29, 1.82) is 0 Å². The summed E-state index contributed by atoms with van der Waals surface area (Å²) in [6.45, 7) is 3.32. The van der Waals surface area contributed by atoms with Gasteiger partial charge in [0.2, 0.25) is 0 Å². The second kappa shape index (κ2) is 11.0. The fraction of sp³-hybridized carbons (Fsp3) is 0.308. The van der Waals surface area contributed by atoms with Crippen LogP contribution in [0.15, 0.2) is 55.1 Å². The molecule has 4 rings (SSSR count). The number of aromatic nitrogens is 2. The normalized spacial score (nSPS) is 15.5. The lowest BCUT2D eigenvalue weighted by Crippen LogP contribution is -2.27. The van der Waals surface area contributed by atoms with E-state index in [9.17, 15) is 22.8 Å². The minimum atomic E-state index is -4.56. The Bertz CT molecular complexity index is 1300. The second-order valence-electron chi connectivity index (χ2n) is 8.83. The van der Waals surface area contributed by atoms with E-state index in [-0.39, 0.29) is 30.7 Å². The van der Waals surface area contributed by atoms with Crippen LogP contribution in [0.2, 0.25) is 0 Å². The van der Waals surface area contributed by atoms with Crippen molar-refractivity contribution < 1.29 is 27.9 Å². The van der Waals surface area contributed by atoms with E-state index < -0.39 is 17.6 Å². The van der Waals surface area contributed by atoms with Gasteiger partial charge in [0.05, 0.1) is 41.5 Å². The van der Waals surface area contributed by atoms with Gasteiger partial charge in [0.25, 0.3) is 11.8 Å². The quantitative estimate of drug-likeness (QED) is 0.444. The van der Waals surface area contributed by atoms with Gasteiger partial charge in [0.15, 0.2) is 0 Å². The molecule has 0 unspecified atom stereocenters. The lowest BCUT2D eigenvalue weighted by Gasteiger charge is -2.20. The van der Waals surface area contributed by atoms with E-state index in [0.29, 0.717) is 23.9 Å². The number of carbonyl (C=O) groups excluding carboxylic acids is 2. The zero-order valence-corrected chi connectivity index (χ0v) is 20.0. The van der Waals surface area contributed by atoms with E-state index in [1.807, 2.05) is 13.0 Å². The van der Waals surface area contributed by atoms with Crippen LogP contribution < -0.4 is 15.5 Å². The molecule has 2 amide bonds. The summed E-state index contributed by atoms with van der Waals surface area (Å²) in [7, 11) is 0. The van der Waals surface area contributed by atoms with Gasteiger partial charge in [-0.2, -0.15) is 13.2 Å². The number of carbonyl (C=O) groups is 2. The Hall–Kier alpha value is -3.99. The van der Waals surface area contributed by atoms with Crippen molar-refractivity contribution in [3.63, 3.8) is 0 Å². The molecule has 1 atom stereocenters. The molecule has 1 aromatic carbocycles. The van der Waals surface area contributed by atoms with E-state index in [4.69, 9.17) is 5.11 Å². The number of anilines is 2. The third-order valence-corrected chi connectivity index (χ3v) is 6.24. The molecule has 37 heavy (non-hydrogen) atoms. The molecule has 0 radical (unpaired) electrons. The predicted octanol–water partition coefficient (Wildman–Crippen LogP) is 3.77. The predicted molar refractivity (Wildman–Crippen MR) is 132 cm³/mol. The largest absolute Gasteiger partial charge is 0.417 e. The summed E-state index contributed by atoms with van der Waals surface area (Å²) in [5.41, 5.74) is 2.52. The Balaban J connectivity index is 1.47. The Labute approximate surface area is 211 Å². The standard InChI is InChI=1S/C26H26F3N5O3/c1-16-2-3-17(25(37)33-21-10-20(12-31-13-21)26(27,28)29)9-23(16)18-4-6-34(15-18)22-8-19(11-30-14-22)24(36)32-5-7-35/h2-3,8-14,18,35H,4-7,15H2,1H3,(H,32,36)(H,33,37)/t18-/m1/s1. The number of nitrogens with one attached hydrogen (secondary N) is 2. The molecule has 0 spiro atoms. The maximum absolute atomic E-state index is 13.0. The van der Waals surface area contributed by atoms with Crippen molar-refractivity contribution in [2.75, 3.05) is 36.5 Å². The first-order valence-corrected chi connectivity index (χ1v) is 11.7. The van der Waals surface area contributed by atoms with Crippen LogP contribution in [0, 0.1) is 6.92 Å². The van der Waals surface area contributed by atoms with Gasteiger partial charge in [0.1, 0.15) is 0 Å². The molecule has 0 saturated carbocycles. The number of nitrogens with zero attached hydrogens (tertiary/aromatic N) is 3. The van der Waals surface area contributed by atoms with Gasteiger partial charge in [-0.05, 0) is 48.7 Å². The van der Waals surface area contributed by atoms with E-state index in [1.54, 1.807) is 24.4 Å². The molecule has 0 aliphatic carbocycles. The Morgan fingerprint density at radius 1 is 1.05 bits per heavy atom. The topological polar surface area (TPSA) is 107 Å². The van der Waals surface area contributed by atoms with E-state index in [1.165, 1.54) is 12.4 Å². The molecule has 1 aliphatic rings. The number of hydrogen-bond acceptors (Lipinski definition) is 6. The molecule has 2 aromatic heterocycles. The Morgan fingerprint density at radius 3 is 2.59 bits per heavy atom. The highest BCUT2D eigenvalue weighted by Crippen LogP contribution is 2.33. The number of aliphatic hydroxyl groups excluding tert-OH is 1. The average molecular weight is 514 g/mol. The molecule has 8 nitrogen and oxygen atoms in total. The van der Waals surface area contributed by atoms with Crippen LogP contribution in [0.1, 0.15) is 49.7 Å². The number of aryl methyl sites for hydroxylation is 1. The first-order valence-electron chi connectivity index (χ1n) is 11.7. The number of hydrogen-bond donors (Lipinski definition) is 3. The molecule has 3 N–H and O–H groups in total. The number of pyridine rings is 2. The number of rotatable bonds is 7. The molecular weight excluding hydrogens is 487 g/mol. The van der Waals surface area contributed by atoms with Crippen molar-refractivity contribution in [3.8, 4) is 0 Å². The summed E-state index contributed by atoms with van der Waals surface area (Å²) in [4.78, 5) is 34.9. The van der Waals surface area contributed by atoms with Crippen LogP contribution in [0.3, 0.4) is 0 Å². The fourth-order valence-electron chi connectivity index (χ4n) is 4.33. The molecule has 3 heterocycles. The number of amides is 2. The highest BCUT2D eigenvalue weighted by Gasteiger charge is 2.31. The Morgan fingerprint density at radius 2 is 1.84 bits per heavy atom. The first-order chi connectivity index (χ1) is 17.7. The van der Waals surface area contributed by atoms with E-state index in [0.717, 1.165) is 35.8 Å². The summed E-state index contributed by atoms with van der Waals surface area (Å²) >= 11 is 0. The van der Waals surface area contributed by atoms with Crippen LogP contribution in [0.25, 0.3) is 0 Å². The van der Waals surface area contributed by atoms with Crippen molar-refractivity contribution >= 4 is 23.2 Å². The van der Waals surface area contributed by atoms with E-state index >= 15 is 0 Å². The third-order valence-electron chi connectivity index (χ3n) is 6.24.